The number of rotatable bonds is 2. The van der Waals surface area contributed by atoms with E-state index in [0.717, 1.165) is 14.9 Å². The molecule has 5 heteroatoms. The van der Waals surface area contributed by atoms with E-state index in [9.17, 15) is 5.11 Å². The molecule has 2 aromatic heterocycles. The summed E-state index contributed by atoms with van der Waals surface area (Å²) in [5.74, 6) is 0. The Kier molecular flexibility index (Phi) is 3.29. The highest BCUT2D eigenvalue weighted by Gasteiger charge is 2.16. The van der Waals surface area contributed by atoms with Crippen LogP contribution in [0.2, 0.25) is 4.34 Å². The molecule has 0 aromatic carbocycles. The molecule has 1 unspecified atom stereocenters. The van der Waals surface area contributed by atoms with E-state index in [4.69, 9.17) is 11.6 Å². The number of hydrogen-bond acceptors (Lipinski definition) is 3. The largest absolute Gasteiger partial charge is 0.383 e. The Morgan fingerprint density at radius 3 is 2.71 bits per heavy atom. The monoisotopic (exact) mass is 308 g/mol. The van der Waals surface area contributed by atoms with Gasteiger partial charge in [0.2, 0.25) is 0 Å². The van der Waals surface area contributed by atoms with Crippen molar-refractivity contribution in [2.45, 2.75) is 6.10 Å². The van der Waals surface area contributed by atoms with Crippen molar-refractivity contribution in [3.05, 3.63) is 42.1 Å². The number of hydrogen-bond donors (Lipinski definition) is 1. The second kappa shape index (κ2) is 4.33. The van der Waals surface area contributed by atoms with Crippen LogP contribution in [0.5, 0.6) is 0 Å². The number of thiophene rings is 2. The average molecular weight is 310 g/mol. The minimum Gasteiger partial charge on any atom is -0.383 e. The molecule has 2 rings (SSSR count). The van der Waals surface area contributed by atoms with Gasteiger partial charge in [0.15, 0.2) is 0 Å². The van der Waals surface area contributed by atoms with Crippen LogP contribution < -0.4 is 0 Å². The van der Waals surface area contributed by atoms with E-state index in [2.05, 4.69) is 15.9 Å². The molecule has 0 saturated heterocycles. The van der Waals surface area contributed by atoms with E-state index in [1.54, 1.807) is 6.07 Å². The Labute approximate surface area is 103 Å². The van der Waals surface area contributed by atoms with Crippen LogP contribution in [0.1, 0.15) is 16.5 Å². The number of aliphatic hydroxyl groups is 1. The molecule has 0 aliphatic carbocycles. The molecule has 2 aromatic rings. The maximum absolute atomic E-state index is 10.0. The van der Waals surface area contributed by atoms with E-state index in [0.29, 0.717) is 4.34 Å². The van der Waals surface area contributed by atoms with Crippen molar-refractivity contribution in [1.29, 1.82) is 0 Å². The Morgan fingerprint density at radius 2 is 2.21 bits per heavy atom. The highest BCUT2D eigenvalue weighted by molar-refractivity contribution is 9.10. The third kappa shape index (κ3) is 2.04. The molecule has 0 spiro atoms. The normalized spacial score (nSPS) is 13.1. The molecule has 1 N–H and O–H groups in total. The molecular formula is C9H6BrClOS2. The van der Waals surface area contributed by atoms with E-state index in [1.165, 1.54) is 22.7 Å². The Bertz CT molecular complexity index is 437. The van der Waals surface area contributed by atoms with E-state index >= 15 is 0 Å². The van der Waals surface area contributed by atoms with Crippen molar-refractivity contribution in [2.75, 3.05) is 0 Å². The maximum Gasteiger partial charge on any atom is 0.115 e. The topological polar surface area (TPSA) is 20.2 Å². The smallest absolute Gasteiger partial charge is 0.115 e. The lowest BCUT2D eigenvalue weighted by atomic mass is 10.2. The van der Waals surface area contributed by atoms with Gasteiger partial charge in [-0.05, 0) is 44.4 Å². The zero-order chi connectivity index (χ0) is 10.1. The van der Waals surface area contributed by atoms with Gasteiger partial charge in [0.1, 0.15) is 6.10 Å². The van der Waals surface area contributed by atoms with Gasteiger partial charge in [-0.2, -0.15) is 0 Å². The molecule has 74 valence electrons. The zero-order valence-corrected chi connectivity index (χ0v) is 10.9. The molecule has 0 saturated carbocycles. The number of aliphatic hydroxyl groups excluding tert-OH is 1. The fourth-order valence-electron chi connectivity index (χ4n) is 1.12. The van der Waals surface area contributed by atoms with Crippen LogP contribution in [0.3, 0.4) is 0 Å². The average Bonchev–Trinajstić information content (AvgIpc) is 2.73. The summed E-state index contributed by atoms with van der Waals surface area (Å²) in [6, 6.07) is 3.72. The van der Waals surface area contributed by atoms with Gasteiger partial charge in [0, 0.05) is 4.47 Å². The van der Waals surface area contributed by atoms with Gasteiger partial charge >= 0.3 is 0 Å². The molecule has 0 aliphatic rings. The van der Waals surface area contributed by atoms with Gasteiger partial charge in [-0.25, -0.2) is 0 Å². The summed E-state index contributed by atoms with van der Waals surface area (Å²) in [4.78, 5) is 0.916. The Hall–Kier alpha value is 0.130. The van der Waals surface area contributed by atoms with Gasteiger partial charge in [-0.15, -0.1) is 22.7 Å². The third-order valence-corrected chi connectivity index (χ3v) is 4.83. The quantitative estimate of drug-likeness (QED) is 0.876. The SMILES string of the molecule is OC(c1csc(Cl)c1)c1sccc1Br. The van der Waals surface area contributed by atoms with Gasteiger partial charge in [-0.1, -0.05) is 11.6 Å². The molecule has 2 heterocycles. The molecule has 0 aliphatic heterocycles. The van der Waals surface area contributed by atoms with Crippen molar-refractivity contribution < 1.29 is 5.11 Å². The number of halogens is 2. The van der Waals surface area contributed by atoms with Crippen LogP contribution in [-0.2, 0) is 0 Å². The van der Waals surface area contributed by atoms with Crippen molar-refractivity contribution >= 4 is 50.2 Å². The van der Waals surface area contributed by atoms with Crippen molar-refractivity contribution in [1.82, 2.24) is 0 Å². The summed E-state index contributed by atoms with van der Waals surface area (Å²) in [5.41, 5.74) is 0.850. The lowest BCUT2D eigenvalue weighted by Crippen LogP contribution is -1.95. The molecule has 0 radical (unpaired) electrons. The summed E-state index contributed by atoms with van der Waals surface area (Å²) in [6.07, 6.45) is -0.576. The Balaban J connectivity index is 2.33. The van der Waals surface area contributed by atoms with Crippen molar-refractivity contribution in [3.8, 4) is 0 Å². The van der Waals surface area contributed by atoms with Crippen molar-refractivity contribution in [3.63, 3.8) is 0 Å². The molecule has 0 amide bonds. The van der Waals surface area contributed by atoms with Crippen LogP contribution in [-0.4, -0.2) is 5.11 Å². The molecule has 1 atom stereocenters. The molecule has 14 heavy (non-hydrogen) atoms. The maximum atomic E-state index is 10.0. The second-order valence-electron chi connectivity index (χ2n) is 2.72. The first-order valence-corrected chi connectivity index (χ1v) is 6.76. The minimum absolute atomic E-state index is 0.576. The molecule has 0 fully saturated rings. The summed E-state index contributed by atoms with van der Waals surface area (Å²) in [6.45, 7) is 0. The molecule has 1 nitrogen and oxygen atoms in total. The predicted molar refractivity (Wildman–Crippen MR) is 65.4 cm³/mol. The summed E-state index contributed by atoms with van der Waals surface area (Å²) in [7, 11) is 0. The first kappa shape index (κ1) is 10.6. The zero-order valence-electron chi connectivity index (χ0n) is 6.91. The van der Waals surface area contributed by atoms with Gasteiger partial charge in [0.05, 0.1) is 9.21 Å². The summed E-state index contributed by atoms with van der Waals surface area (Å²) in [5, 5.41) is 13.8. The summed E-state index contributed by atoms with van der Waals surface area (Å²) >= 11 is 12.2. The van der Waals surface area contributed by atoms with E-state index < -0.39 is 6.10 Å². The standard InChI is InChI=1S/C9H6BrClOS2/c10-6-1-2-13-9(6)8(12)5-3-7(11)14-4-5/h1-4,8,12H. The van der Waals surface area contributed by atoms with Crippen molar-refractivity contribution in [2.24, 2.45) is 0 Å². The van der Waals surface area contributed by atoms with Crippen LogP contribution in [0.25, 0.3) is 0 Å². The van der Waals surface area contributed by atoms with Gasteiger partial charge in [0.25, 0.3) is 0 Å². The third-order valence-electron chi connectivity index (χ3n) is 1.80. The van der Waals surface area contributed by atoms with Crippen LogP contribution in [0.15, 0.2) is 27.4 Å². The highest BCUT2D eigenvalue weighted by atomic mass is 79.9. The van der Waals surface area contributed by atoms with Gasteiger partial charge in [-0.3, -0.25) is 0 Å². The first-order valence-electron chi connectivity index (χ1n) is 3.83. The highest BCUT2D eigenvalue weighted by Crippen LogP contribution is 2.35. The Morgan fingerprint density at radius 1 is 1.43 bits per heavy atom. The van der Waals surface area contributed by atoms with Crippen LogP contribution in [0.4, 0.5) is 0 Å². The molecule has 0 bridgehead atoms. The van der Waals surface area contributed by atoms with E-state index in [1.807, 2.05) is 16.8 Å². The lowest BCUT2D eigenvalue weighted by molar-refractivity contribution is 0.224. The fourth-order valence-corrected chi connectivity index (χ4v) is 3.63. The van der Waals surface area contributed by atoms with Crippen LogP contribution in [0, 0.1) is 0 Å². The fraction of sp³-hybridized carbons (Fsp3) is 0.111. The lowest BCUT2D eigenvalue weighted by Gasteiger charge is -2.06. The summed E-state index contributed by atoms with van der Waals surface area (Å²) < 4.78 is 1.64. The predicted octanol–water partition coefficient (Wildman–Crippen LogP) is 4.31. The molecular weight excluding hydrogens is 304 g/mol. The second-order valence-corrected chi connectivity index (χ2v) is 6.06. The minimum atomic E-state index is -0.576. The first-order chi connectivity index (χ1) is 6.68. The van der Waals surface area contributed by atoms with E-state index in [-0.39, 0.29) is 0 Å². The van der Waals surface area contributed by atoms with Crippen LogP contribution >= 0.6 is 50.2 Å². The van der Waals surface area contributed by atoms with Gasteiger partial charge < -0.3 is 5.11 Å².